The van der Waals surface area contributed by atoms with Gasteiger partial charge in [0.25, 0.3) is 5.91 Å². The zero-order chi connectivity index (χ0) is 24.7. The summed E-state index contributed by atoms with van der Waals surface area (Å²) in [5.41, 5.74) is 2.82. The third-order valence-corrected chi connectivity index (χ3v) is 8.66. The first-order valence-corrected chi connectivity index (χ1v) is 13.6. The summed E-state index contributed by atoms with van der Waals surface area (Å²) in [6.45, 7) is 8.74. The minimum absolute atomic E-state index is 0. The van der Waals surface area contributed by atoms with Gasteiger partial charge in [-0.2, -0.15) is 4.31 Å². The van der Waals surface area contributed by atoms with Gasteiger partial charge in [0.05, 0.1) is 18.1 Å². The van der Waals surface area contributed by atoms with E-state index in [-0.39, 0.29) is 29.8 Å². The van der Waals surface area contributed by atoms with Crippen LogP contribution in [0.1, 0.15) is 19.4 Å². The number of benzene rings is 2. The third-order valence-electron chi connectivity index (χ3n) is 5.75. The number of halogens is 1. The number of morpholine rings is 1. The number of hydrogen-bond acceptors (Lipinski definition) is 7. The van der Waals surface area contributed by atoms with Gasteiger partial charge in [0.2, 0.25) is 10.0 Å². The monoisotopic (exact) mass is 543 g/mol. The molecule has 0 aromatic heterocycles. The number of ether oxygens (including phenoxy) is 1. The second-order valence-corrected chi connectivity index (χ2v) is 11.7. The van der Waals surface area contributed by atoms with E-state index in [2.05, 4.69) is 4.90 Å². The van der Waals surface area contributed by atoms with Gasteiger partial charge < -0.3 is 4.74 Å². The van der Waals surface area contributed by atoms with Crippen LogP contribution in [0, 0.1) is 12.8 Å². The van der Waals surface area contributed by atoms with E-state index in [1.54, 1.807) is 55.4 Å². The van der Waals surface area contributed by atoms with Gasteiger partial charge in [0, 0.05) is 36.0 Å². The maximum atomic E-state index is 13.7. The highest BCUT2D eigenvalue weighted by Crippen LogP contribution is 2.30. The molecule has 1 heterocycles. The highest BCUT2D eigenvalue weighted by molar-refractivity contribution is 7.99. The number of carbonyl (C=O) groups excluding carboxylic acids is 1. The summed E-state index contributed by atoms with van der Waals surface area (Å²) in [7, 11) is -4.00. The molecule has 0 saturated carbocycles. The van der Waals surface area contributed by atoms with E-state index in [0.29, 0.717) is 32.8 Å². The standard InChI is InChI=1S/C24H33N3O5S2.ClH/c1-18(2)23(24(28)25-29)27(13-12-26-14-16-32-17-15-26)34(30,31)22-10-8-21(9-11-22)33-20-6-4-19(3)5-7-20;/h4-11,18,23,29H,12-17H2,1-3H3,(H,25,28);1H/t23-;/m1./s1. The number of sulfonamides is 1. The topological polar surface area (TPSA) is 99.2 Å². The fraction of sp³-hybridized carbons (Fsp3) is 0.458. The summed E-state index contributed by atoms with van der Waals surface area (Å²) in [5, 5.41) is 9.30. The third kappa shape index (κ3) is 7.91. The molecule has 1 atom stereocenters. The highest BCUT2D eigenvalue weighted by atomic mass is 35.5. The number of amides is 1. The van der Waals surface area contributed by atoms with Crippen LogP contribution < -0.4 is 5.48 Å². The predicted molar refractivity (Wildman–Crippen MR) is 139 cm³/mol. The molecule has 2 N–H and O–H groups in total. The van der Waals surface area contributed by atoms with Crippen LogP contribution in [0.15, 0.2) is 63.2 Å². The van der Waals surface area contributed by atoms with Crippen LogP contribution in [-0.2, 0) is 19.6 Å². The smallest absolute Gasteiger partial charge is 0.262 e. The van der Waals surface area contributed by atoms with Crippen molar-refractivity contribution >= 4 is 40.1 Å². The Morgan fingerprint density at radius 2 is 1.63 bits per heavy atom. The van der Waals surface area contributed by atoms with E-state index in [0.717, 1.165) is 9.79 Å². The summed E-state index contributed by atoms with van der Waals surface area (Å²) in [6, 6.07) is 13.8. The quantitative estimate of drug-likeness (QED) is 0.350. The van der Waals surface area contributed by atoms with E-state index in [1.165, 1.54) is 9.87 Å². The first kappa shape index (κ1) is 29.6. The zero-order valence-corrected chi connectivity index (χ0v) is 22.7. The van der Waals surface area contributed by atoms with Crippen molar-refractivity contribution in [2.45, 2.75) is 41.5 Å². The van der Waals surface area contributed by atoms with Gasteiger partial charge in [-0.15, -0.1) is 12.4 Å². The van der Waals surface area contributed by atoms with Crippen LogP contribution in [0.2, 0.25) is 0 Å². The molecule has 0 unspecified atom stereocenters. The number of aryl methyl sites for hydroxylation is 1. The molecular formula is C24H34ClN3O5S2. The molecule has 0 aliphatic carbocycles. The van der Waals surface area contributed by atoms with E-state index < -0.39 is 22.0 Å². The van der Waals surface area contributed by atoms with E-state index >= 15 is 0 Å². The second kappa shape index (κ2) is 13.6. The van der Waals surface area contributed by atoms with Crippen molar-refractivity contribution in [3.8, 4) is 0 Å². The first-order valence-electron chi connectivity index (χ1n) is 11.3. The van der Waals surface area contributed by atoms with Crippen LogP contribution >= 0.6 is 24.2 Å². The summed E-state index contributed by atoms with van der Waals surface area (Å²) < 4.78 is 34.0. The van der Waals surface area contributed by atoms with Crippen LogP contribution in [0.3, 0.4) is 0 Å². The number of carbonyl (C=O) groups is 1. The summed E-state index contributed by atoms with van der Waals surface area (Å²) in [4.78, 5) is 16.7. The minimum atomic E-state index is -4.00. The van der Waals surface area contributed by atoms with Crippen molar-refractivity contribution < 1.29 is 23.2 Å². The molecule has 0 bridgehead atoms. The normalized spacial score (nSPS) is 15.6. The molecule has 194 valence electrons. The summed E-state index contributed by atoms with van der Waals surface area (Å²) in [6.07, 6.45) is 0. The summed E-state index contributed by atoms with van der Waals surface area (Å²) in [5.74, 6) is -1.09. The van der Waals surface area contributed by atoms with Crippen LogP contribution in [0.5, 0.6) is 0 Å². The molecule has 11 heteroatoms. The highest BCUT2D eigenvalue weighted by Gasteiger charge is 2.38. The molecule has 0 spiro atoms. The average molecular weight is 544 g/mol. The number of hydroxylamine groups is 1. The number of hydrogen-bond donors (Lipinski definition) is 2. The van der Waals surface area contributed by atoms with Gasteiger partial charge in [-0.1, -0.05) is 43.3 Å². The fourth-order valence-corrected chi connectivity index (χ4v) is 6.39. The molecule has 2 aromatic carbocycles. The average Bonchev–Trinajstić information content (AvgIpc) is 2.83. The molecule has 3 rings (SSSR count). The SMILES string of the molecule is Cc1ccc(Sc2ccc(S(=O)(=O)N(CCN3CCOCC3)[C@@H](C(=O)NO)C(C)C)cc2)cc1.Cl. The van der Waals surface area contributed by atoms with Crippen LogP contribution in [0.25, 0.3) is 0 Å². The lowest BCUT2D eigenvalue weighted by Gasteiger charge is -2.34. The molecule has 35 heavy (non-hydrogen) atoms. The summed E-state index contributed by atoms with van der Waals surface area (Å²) >= 11 is 1.55. The van der Waals surface area contributed by atoms with Gasteiger partial charge in [-0.25, -0.2) is 13.9 Å². The van der Waals surface area contributed by atoms with Crippen LogP contribution in [-0.4, -0.2) is 74.2 Å². The van der Waals surface area contributed by atoms with Crippen molar-refractivity contribution in [3.63, 3.8) is 0 Å². The lowest BCUT2D eigenvalue weighted by Crippen LogP contribution is -2.54. The first-order chi connectivity index (χ1) is 16.2. The maximum Gasteiger partial charge on any atom is 0.262 e. The Morgan fingerprint density at radius 1 is 1.09 bits per heavy atom. The Kier molecular flexibility index (Phi) is 11.5. The Morgan fingerprint density at radius 3 is 2.14 bits per heavy atom. The molecule has 1 amide bonds. The minimum Gasteiger partial charge on any atom is -0.379 e. The molecule has 0 radical (unpaired) electrons. The molecular weight excluding hydrogens is 510 g/mol. The van der Waals surface area contributed by atoms with Gasteiger partial charge in [-0.05, 0) is 49.2 Å². The van der Waals surface area contributed by atoms with Crippen molar-refractivity contribution in [3.05, 3.63) is 54.1 Å². The molecule has 2 aromatic rings. The van der Waals surface area contributed by atoms with E-state index in [9.17, 15) is 18.4 Å². The number of rotatable bonds is 10. The molecule has 1 aliphatic heterocycles. The Bertz CT molecular complexity index is 1040. The van der Waals surface area contributed by atoms with Gasteiger partial charge in [0.15, 0.2) is 0 Å². The van der Waals surface area contributed by atoms with Crippen molar-refractivity contribution in [1.82, 2.24) is 14.7 Å². The Hall–Kier alpha value is -1.66. The van der Waals surface area contributed by atoms with Crippen LogP contribution in [0.4, 0.5) is 0 Å². The van der Waals surface area contributed by atoms with Crippen molar-refractivity contribution in [1.29, 1.82) is 0 Å². The Labute approximate surface area is 218 Å². The lowest BCUT2D eigenvalue weighted by atomic mass is 10.0. The van der Waals surface area contributed by atoms with E-state index in [1.807, 2.05) is 31.2 Å². The maximum absolute atomic E-state index is 13.7. The molecule has 1 fully saturated rings. The van der Waals surface area contributed by atoms with Gasteiger partial charge in [-0.3, -0.25) is 14.9 Å². The molecule has 1 saturated heterocycles. The second-order valence-electron chi connectivity index (χ2n) is 8.62. The van der Waals surface area contributed by atoms with Crippen molar-refractivity contribution in [2.24, 2.45) is 5.92 Å². The van der Waals surface area contributed by atoms with E-state index in [4.69, 9.17) is 4.74 Å². The fourth-order valence-electron chi connectivity index (χ4n) is 3.86. The van der Waals surface area contributed by atoms with Gasteiger partial charge >= 0.3 is 0 Å². The van der Waals surface area contributed by atoms with Crippen molar-refractivity contribution in [2.75, 3.05) is 39.4 Å². The largest absolute Gasteiger partial charge is 0.379 e. The molecule has 8 nitrogen and oxygen atoms in total. The Balaban J connectivity index is 0.00000432. The number of nitrogens with one attached hydrogen (secondary N) is 1. The predicted octanol–water partition coefficient (Wildman–Crippen LogP) is 3.42. The lowest BCUT2D eigenvalue weighted by molar-refractivity contribution is -0.134. The zero-order valence-electron chi connectivity index (χ0n) is 20.2. The number of nitrogens with zero attached hydrogens (tertiary/aromatic N) is 2. The molecule has 1 aliphatic rings. The van der Waals surface area contributed by atoms with Gasteiger partial charge in [0.1, 0.15) is 6.04 Å².